The molecule has 1 amide bonds. The Morgan fingerprint density at radius 3 is 2.24 bits per heavy atom. The van der Waals surface area contributed by atoms with E-state index in [9.17, 15) is 4.79 Å². The first-order chi connectivity index (χ1) is 18.6. The van der Waals surface area contributed by atoms with Gasteiger partial charge in [-0.25, -0.2) is 4.98 Å². The largest absolute Gasteiger partial charge is 0.373 e. The number of carbonyl (C=O) groups excluding carboxylic acids is 1. The lowest BCUT2D eigenvalue weighted by molar-refractivity contribution is 0.102. The van der Waals surface area contributed by atoms with E-state index < -0.39 is 0 Å². The van der Waals surface area contributed by atoms with Crippen molar-refractivity contribution in [1.82, 2.24) is 20.5 Å². The molecule has 0 aliphatic carbocycles. The van der Waals surface area contributed by atoms with E-state index in [0.29, 0.717) is 11.4 Å². The fourth-order valence-electron chi connectivity index (χ4n) is 4.01. The highest BCUT2D eigenvalue weighted by Crippen LogP contribution is 2.34. The molecule has 0 unspecified atom stereocenters. The lowest BCUT2D eigenvalue weighted by atomic mass is 10.1. The summed E-state index contributed by atoms with van der Waals surface area (Å²) < 4.78 is 0. The molecule has 0 spiro atoms. The average molecular weight is 521 g/mol. The maximum atomic E-state index is 13.6. The summed E-state index contributed by atoms with van der Waals surface area (Å²) in [6.45, 7) is 1.61. The zero-order valence-corrected chi connectivity index (χ0v) is 22.1. The van der Waals surface area contributed by atoms with Crippen LogP contribution >= 0.6 is 11.3 Å². The van der Waals surface area contributed by atoms with E-state index in [1.165, 1.54) is 11.3 Å². The second kappa shape index (κ2) is 11.8. The molecule has 5 aromatic rings. The zero-order chi connectivity index (χ0) is 26.3. The summed E-state index contributed by atoms with van der Waals surface area (Å²) in [6.07, 6.45) is 0. The summed E-state index contributed by atoms with van der Waals surface area (Å²) in [5.41, 5.74) is 5.44. The zero-order valence-electron chi connectivity index (χ0n) is 21.3. The Balaban J connectivity index is 1.46. The highest BCUT2D eigenvalue weighted by Gasteiger charge is 2.17. The molecule has 0 saturated heterocycles. The first kappa shape index (κ1) is 25.3. The van der Waals surface area contributed by atoms with E-state index >= 15 is 0 Å². The van der Waals surface area contributed by atoms with Crippen molar-refractivity contribution in [3.05, 3.63) is 103 Å². The number of carbonyl (C=O) groups is 1. The maximum Gasteiger partial charge on any atom is 0.274 e. The first-order valence-electron chi connectivity index (χ1n) is 12.4. The Morgan fingerprint density at radius 1 is 0.842 bits per heavy atom. The number of likely N-dealkylation sites (N-methyl/N-ethyl adjacent to an activating group) is 2. The van der Waals surface area contributed by atoms with Gasteiger partial charge in [0.1, 0.15) is 15.7 Å². The normalized spacial score (nSPS) is 10.8. The van der Waals surface area contributed by atoms with E-state index in [0.717, 1.165) is 51.2 Å². The van der Waals surface area contributed by atoms with Crippen LogP contribution in [-0.4, -0.2) is 48.3 Å². The SMILES string of the molecule is CNCCN(C)c1cc(C(=O)Nc2ccccc2-c2nnc(-c3ccccc3)s2)nc(-c2ccccc2)c1. The van der Waals surface area contributed by atoms with Crippen LogP contribution in [0.1, 0.15) is 10.5 Å². The molecule has 7 nitrogen and oxygen atoms in total. The van der Waals surface area contributed by atoms with E-state index in [1.807, 2.05) is 111 Å². The van der Waals surface area contributed by atoms with Crippen molar-refractivity contribution < 1.29 is 4.79 Å². The van der Waals surface area contributed by atoms with Gasteiger partial charge in [0, 0.05) is 42.5 Å². The third kappa shape index (κ3) is 5.77. The molecule has 2 heterocycles. The van der Waals surface area contributed by atoms with Gasteiger partial charge in [0.2, 0.25) is 0 Å². The molecule has 190 valence electrons. The molecule has 0 aliphatic heterocycles. The average Bonchev–Trinajstić information content (AvgIpc) is 3.47. The third-order valence-corrected chi connectivity index (χ3v) is 7.11. The second-order valence-corrected chi connectivity index (χ2v) is 9.74. The van der Waals surface area contributed by atoms with Gasteiger partial charge in [0.15, 0.2) is 0 Å². The number of rotatable bonds is 9. The minimum absolute atomic E-state index is 0.286. The van der Waals surface area contributed by atoms with Crippen LogP contribution in [0.15, 0.2) is 97.1 Å². The van der Waals surface area contributed by atoms with Crippen molar-refractivity contribution in [2.45, 2.75) is 0 Å². The molecule has 5 rings (SSSR count). The van der Waals surface area contributed by atoms with Crippen LogP contribution in [-0.2, 0) is 0 Å². The van der Waals surface area contributed by atoms with E-state index in [-0.39, 0.29) is 5.91 Å². The van der Waals surface area contributed by atoms with Gasteiger partial charge in [-0.2, -0.15) is 0 Å². The van der Waals surface area contributed by atoms with Gasteiger partial charge in [-0.05, 0) is 31.3 Å². The number of nitrogens with one attached hydrogen (secondary N) is 2. The van der Waals surface area contributed by atoms with Crippen molar-refractivity contribution >= 4 is 28.6 Å². The molecule has 0 radical (unpaired) electrons. The molecule has 0 bridgehead atoms. The fourth-order valence-corrected chi connectivity index (χ4v) is 4.90. The summed E-state index contributed by atoms with van der Waals surface area (Å²) >= 11 is 1.49. The number of benzene rings is 3. The van der Waals surface area contributed by atoms with Crippen molar-refractivity contribution in [2.24, 2.45) is 0 Å². The number of nitrogens with zero attached hydrogens (tertiary/aromatic N) is 4. The van der Waals surface area contributed by atoms with Crippen LogP contribution in [0, 0.1) is 0 Å². The summed E-state index contributed by atoms with van der Waals surface area (Å²) in [4.78, 5) is 20.4. The Bertz CT molecular complexity index is 1520. The molecule has 0 atom stereocenters. The molecule has 38 heavy (non-hydrogen) atoms. The molecule has 8 heteroatoms. The number of hydrogen-bond donors (Lipinski definition) is 2. The van der Waals surface area contributed by atoms with Crippen LogP contribution in [0.3, 0.4) is 0 Å². The molecule has 2 aromatic heterocycles. The minimum atomic E-state index is -0.286. The number of amides is 1. The van der Waals surface area contributed by atoms with Gasteiger partial charge >= 0.3 is 0 Å². The molecule has 0 fully saturated rings. The quantitative estimate of drug-likeness (QED) is 0.254. The first-order valence-corrected chi connectivity index (χ1v) is 13.2. The van der Waals surface area contributed by atoms with Crippen molar-refractivity contribution in [1.29, 1.82) is 0 Å². The third-order valence-electron chi connectivity index (χ3n) is 6.10. The number of hydrogen-bond acceptors (Lipinski definition) is 7. The van der Waals surface area contributed by atoms with Gasteiger partial charge in [0.05, 0.1) is 11.4 Å². The van der Waals surface area contributed by atoms with Gasteiger partial charge in [-0.3, -0.25) is 4.79 Å². The van der Waals surface area contributed by atoms with Crippen LogP contribution in [0.5, 0.6) is 0 Å². The van der Waals surface area contributed by atoms with Gasteiger partial charge in [0.25, 0.3) is 5.91 Å². The van der Waals surface area contributed by atoms with Gasteiger partial charge in [-0.1, -0.05) is 84.1 Å². The molecular formula is C30H28N6OS. The molecule has 2 N–H and O–H groups in total. The Kier molecular flexibility index (Phi) is 7.82. The van der Waals surface area contributed by atoms with Crippen molar-refractivity contribution in [2.75, 3.05) is 37.4 Å². The fraction of sp³-hybridized carbons (Fsp3) is 0.133. The summed E-state index contributed by atoms with van der Waals surface area (Å²) in [5.74, 6) is -0.286. The molecule has 0 aliphatic rings. The minimum Gasteiger partial charge on any atom is -0.373 e. The lowest BCUT2D eigenvalue weighted by Crippen LogP contribution is -2.27. The maximum absolute atomic E-state index is 13.6. The Morgan fingerprint density at radius 2 is 1.50 bits per heavy atom. The smallest absolute Gasteiger partial charge is 0.274 e. The van der Waals surface area contributed by atoms with E-state index in [1.54, 1.807) is 0 Å². The molecule has 3 aromatic carbocycles. The van der Waals surface area contributed by atoms with Gasteiger partial charge in [-0.15, -0.1) is 10.2 Å². The highest BCUT2D eigenvalue weighted by atomic mass is 32.1. The second-order valence-electron chi connectivity index (χ2n) is 8.77. The summed E-state index contributed by atoms with van der Waals surface area (Å²) in [6, 6.07) is 31.3. The van der Waals surface area contributed by atoms with Crippen LogP contribution in [0.4, 0.5) is 11.4 Å². The molecular weight excluding hydrogens is 492 g/mol. The summed E-state index contributed by atoms with van der Waals surface area (Å²) in [7, 11) is 3.94. The van der Waals surface area contributed by atoms with Crippen LogP contribution in [0.25, 0.3) is 32.4 Å². The van der Waals surface area contributed by atoms with Crippen molar-refractivity contribution in [3.63, 3.8) is 0 Å². The van der Waals surface area contributed by atoms with E-state index in [4.69, 9.17) is 4.98 Å². The predicted octanol–water partition coefficient (Wildman–Crippen LogP) is 5.84. The lowest BCUT2D eigenvalue weighted by Gasteiger charge is -2.21. The number of anilines is 2. The van der Waals surface area contributed by atoms with Gasteiger partial charge < -0.3 is 15.5 Å². The monoisotopic (exact) mass is 520 g/mol. The number of pyridine rings is 1. The predicted molar refractivity (Wildman–Crippen MR) is 156 cm³/mol. The summed E-state index contributed by atoms with van der Waals surface area (Å²) in [5, 5.41) is 16.6. The van der Waals surface area contributed by atoms with Crippen LogP contribution < -0.4 is 15.5 Å². The molecule has 0 saturated carbocycles. The number of aromatic nitrogens is 3. The topological polar surface area (TPSA) is 83.0 Å². The number of para-hydroxylation sites is 1. The Labute approximate surface area is 226 Å². The highest BCUT2D eigenvalue weighted by molar-refractivity contribution is 7.18. The van der Waals surface area contributed by atoms with Crippen molar-refractivity contribution in [3.8, 4) is 32.4 Å². The standard InChI is InChI=1S/C30H28N6OS/c1-31-17-18-36(2)23-19-26(21-11-5-3-6-12-21)32-27(20-23)28(37)33-25-16-10-9-15-24(25)30-35-34-29(38-30)22-13-7-4-8-14-22/h3-16,19-20,31H,17-18H2,1-2H3,(H,33,37). The van der Waals surface area contributed by atoms with E-state index in [2.05, 4.69) is 25.7 Å². The Hall–Kier alpha value is -4.40. The van der Waals surface area contributed by atoms with Crippen LogP contribution in [0.2, 0.25) is 0 Å².